The summed E-state index contributed by atoms with van der Waals surface area (Å²) in [6.07, 6.45) is -1.53. The molecule has 9 heteroatoms. The molecule has 0 spiro atoms. The number of nitrogens with zero attached hydrogens (tertiary/aromatic N) is 2. The molecule has 0 fully saturated rings. The Kier molecular flexibility index (Phi) is 2.94. The minimum absolute atomic E-state index is 0.0326. The Balaban J connectivity index is 2.47. The van der Waals surface area contributed by atoms with Crippen LogP contribution in [0.3, 0.4) is 0 Å². The predicted molar refractivity (Wildman–Crippen MR) is 74.4 cm³/mol. The van der Waals surface area contributed by atoms with E-state index in [1.165, 1.54) is 10.5 Å². The monoisotopic (exact) mass is 355 g/mol. The number of aromatic nitrogens is 3. The first-order valence-electron chi connectivity index (χ1n) is 5.69. The summed E-state index contributed by atoms with van der Waals surface area (Å²) in [4.78, 5) is 28.9. The van der Waals surface area contributed by atoms with Gasteiger partial charge in [0.05, 0.1) is 21.2 Å². The van der Waals surface area contributed by atoms with E-state index in [2.05, 4.69) is 30.6 Å². The van der Waals surface area contributed by atoms with Gasteiger partial charge in [-0.1, -0.05) is 0 Å². The zero-order valence-corrected chi connectivity index (χ0v) is 12.1. The topological polar surface area (TPSA) is 96.7 Å². The van der Waals surface area contributed by atoms with Gasteiger partial charge in [0.2, 0.25) is 11.5 Å². The number of carbonyl (C=O) groups is 1. The van der Waals surface area contributed by atoms with Crippen LogP contribution in [0, 0.1) is 12.7 Å². The molecule has 0 bridgehead atoms. The third-order valence-electron chi connectivity index (χ3n) is 2.98. The molecule has 0 amide bonds. The fourth-order valence-corrected chi connectivity index (χ4v) is 2.44. The van der Waals surface area contributed by atoms with E-state index >= 15 is 0 Å². The highest BCUT2D eigenvalue weighted by atomic mass is 79.9. The smallest absolute Gasteiger partial charge is 0.449 e. The Morgan fingerprint density at radius 2 is 2.24 bits per heavy atom. The Labute approximate surface area is 124 Å². The van der Waals surface area contributed by atoms with Gasteiger partial charge < -0.3 is 14.8 Å². The molecule has 0 aliphatic carbocycles. The van der Waals surface area contributed by atoms with Crippen molar-refractivity contribution < 1.29 is 19.0 Å². The Morgan fingerprint density at radius 3 is 2.90 bits per heavy atom. The van der Waals surface area contributed by atoms with Gasteiger partial charge >= 0.3 is 6.16 Å². The molecule has 0 unspecified atom stereocenters. The van der Waals surface area contributed by atoms with Gasteiger partial charge in [-0.25, -0.2) is 9.18 Å². The number of ether oxygens (including phenoxy) is 1. The number of nitrogens with one attached hydrogen (secondary N) is 1. The maximum atomic E-state index is 13.6. The maximum Gasteiger partial charge on any atom is 0.512 e. The van der Waals surface area contributed by atoms with E-state index in [1.807, 2.05) is 0 Å². The first kappa shape index (κ1) is 13.6. The summed E-state index contributed by atoms with van der Waals surface area (Å²) < 4.78 is 19.7. The van der Waals surface area contributed by atoms with E-state index in [4.69, 9.17) is 5.11 Å². The number of aromatic amines is 1. The second-order valence-electron chi connectivity index (χ2n) is 4.27. The van der Waals surface area contributed by atoms with Crippen molar-refractivity contribution in [1.29, 1.82) is 0 Å². The molecule has 3 aromatic rings. The number of hydrogen-bond acceptors (Lipinski definition) is 4. The van der Waals surface area contributed by atoms with Gasteiger partial charge in [-0.15, -0.1) is 0 Å². The highest BCUT2D eigenvalue weighted by Crippen LogP contribution is 2.25. The van der Waals surface area contributed by atoms with Gasteiger partial charge in [-0.3, -0.25) is 9.20 Å². The number of halogens is 2. The van der Waals surface area contributed by atoms with E-state index in [1.54, 1.807) is 6.92 Å². The quantitative estimate of drug-likeness (QED) is 0.653. The first-order chi connectivity index (χ1) is 9.88. The average Bonchev–Trinajstić information content (AvgIpc) is 2.70. The SMILES string of the molecule is Cc1c(OC(=O)O)nc2c(=O)[nH]c3cc(F)c(Br)cc3n12. The zero-order chi connectivity index (χ0) is 15.3. The lowest BCUT2D eigenvalue weighted by Crippen LogP contribution is -2.11. The minimum atomic E-state index is -1.53. The lowest BCUT2D eigenvalue weighted by Gasteiger charge is -2.05. The molecular formula is C12H7BrFN3O4. The Bertz CT molecular complexity index is 963. The van der Waals surface area contributed by atoms with Crippen LogP contribution in [-0.2, 0) is 0 Å². The van der Waals surface area contributed by atoms with E-state index in [9.17, 15) is 14.0 Å². The average molecular weight is 356 g/mol. The van der Waals surface area contributed by atoms with Crippen LogP contribution in [0.1, 0.15) is 5.69 Å². The van der Waals surface area contributed by atoms with Gasteiger partial charge in [0.1, 0.15) is 5.82 Å². The van der Waals surface area contributed by atoms with Gasteiger partial charge in [0.15, 0.2) is 0 Å². The Hall–Kier alpha value is -2.42. The summed E-state index contributed by atoms with van der Waals surface area (Å²) in [6.45, 7) is 1.55. The fourth-order valence-electron chi connectivity index (χ4n) is 2.11. The molecule has 108 valence electrons. The van der Waals surface area contributed by atoms with Crippen LogP contribution in [0.4, 0.5) is 9.18 Å². The van der Waals surface area contributed by atoms with Crippen LogP contribution in [0.2, 0.25) is 0 Å². The molecule has 2 N–H and O–H groups in total. The van der Waals surface area contributed by atoms with Crippen molar-refractivity contribution >= 4 is 38.8 Å². The van der Waals surface area contributed by atoms with Crippen LogP contribution in [0.25, 0.3) is 16.7 Å². The molecule has 0 aliphatic rings. The standard InChI is InChI=1S/C12H7BrFN3O4/c1-4-11(21-12(19)20)16-9-10(18)15-7-3-6(14)5(13)2-8(7)17(4)9/h2-3H,1H3,(H,15,18)(H,19,20). The van der Waals surface area contributed by atoms with Crippen molar-refractivity contribution in [2.24, 2.45) is 0 Å². The Morgan fingerprint density at radius 1 is 1.52 bits per heavy atom. The molecule has 1 aromatic carbocycles. The summed E-state index contributed by atoms with van der Waals surface area (Å²) >= 11 is 3.07. The van der Waals surface area contributed by atoms with E-state index in [0.717, 1.165) is 6.07 Å². The molecule has 0 radical (unpaired) electrons. The summed E-state index contributed by atoms with van der Waals surface area (Å²) in [7, 11) is 0. The number of H-pyrrole nitrogens is 1. The minimum Gasteiger partial charge on any atom is -0.449 e. The summed E-state index contributed by atoms with van der Waals surface area (Å²) in [6, 6.07) is 2.63. The van der Waals surface area contributed by atoms with Crippen molar-refractivity contribution in [2.45, 2.75) is 6.92 Å². The molecule has 21 heavy (non-hydrogen) atoms. The first-order valence-corrected chi connectivity index (χ1v) is 6.48. The molecule has 0 atom stereocenters. The molecule has 3 rings (SSSR count). The van der Waals surface area contributed by atoms with E-state index < -0.39 is 17.5 Å². The number of benzene rings is 1. The second-order valence-corrected chi connectivity index (χ2v) is 5.12. The summed E-state index contributed by atoms with van der Waals surface area (Å²) in [5, 5.41) is 8.67. The van der Waals surface area contributed by atoms with Crippen LogP contribution in [0.15, 0.2) is 21.4 Å². The molecule has 0 saturated carbocycles. The molecule has 7 nitrogen and oxygen atoms in total. The lowest BCUT2D eigenvalue weighted by molar-refractivity contribution is 0.142. The van der Waals surface area contributed by atoms with E-state index in [0.29, 0.717) is 11.2 Å². The highest BCUT2D eigenvalue weighted by molar-refractivity contribution is 9.10. The van der Waals surface area contributed by atoms with E-state index in [-0.39, 0.29) is 21.5 Å². The largest absolute Gasteiger partial charge is 0.512 e. The predicted octanol–water partition coefficient (Wildman–Crippen LogP) is 2.44. The van der Waals surface area contributed by atoms with Gasteiger partial charge in [-0.2, -0.15) is 4.98 Å². The summed E-state index contributed by atoms with van der Waals surface area (Å²) in [5.74, 6) is -0.724. The number of hydrogen-bond donors (Lipinski definition) is 2. The van der Waals surface area contributed by atoms with Gasteiger partial charge in [0, 0.05) is 6.07 Å². The number of imidazole rings is 1. The molecular weight excluding hydrogens is 349 g/mol. The third kappa shape index (κ3) is 2.05. The van der Waals surface area contributed by atoms with Gasteiger partial charge in [0.25, 0.3) is 5.56 Å². The number of fused-ring (bicyclic) bond motifs is 3. The van der Waals surface area contributed by atoms with Crippen LogP contribution < -0.4 is 10.3 Å². The van der Waals surface area contributed by atoms with Crippen LogP contribution in [0.5, 0.6) is 5.88 Å². The zero-order valence-electron chi connectivity index (χ0n) is 10.5. The molecule has 2 aromatic heterocycles. The number of aryl methyl sites for hydroxylation is 1. The van der Waals surface area contributed by atoms with Crippen molar-refractivity contribution in [1.82, 2.24) is 14.4 Å². The number of carboxylic acid groups (broad SMARTS) is 1. The maximum absolute atomic E-state index is 13.6. The number of rotatable bonds is 1. The molecule has 2 heterocycles. The normalized spacial score (nSPS) is 11.2. The lowest BCUT2D eigenvalue weighted by atomic mass is 10.3. The van der Waals surface area contributed by atoms with Crippen molar-refractivity contribution in [3.63, 3.8) is 0 Å². The second kappa shape index (κ2) is 4.55. The fraction of sp³-hybridized carbons (Fsp3) is 0.0833. The molecule has 0 aliphatic heterocycles. The van der Waals surface area contributed by atoms with Crippen LogP contribution in [-0.4, -0.2) is 25.6 Å². The van der Waals surface area contributed by atoms with Crippen molar-refractivity contribution in [3.05, 3.63) is 38.5 Å². The molecule has 0 saturated heterocycles. The van der Waals surface area contributed by atoms with Crippen molar-refractivity contribution in [2.75, 3.05) is 0 Å². The van der Waals surface area contributed by atoms with Crippen molar-refractivity contribution in [3.8, 4) is 5.88 Å². The van der Waals surface area contributed by atoms with Gasteiger partial charge in [-0.05, 0) is 28.9 Å². The third-order valence-corrected chi connectivity index (χ3v) is 3.59. The van der Waals surface area contributed by atoms with Crippen LogP contribution >= 0.6 is 15.9 Å². The highest BCUT2D eigenvalue weighted by Gasteiger charge is 2.18. The summed E-state index contributed by atoms with van der Waals surface area (Å²) in [5.41, 5.74) is 0.433.